The van der Waals surface area contributed by atoms with Crippen molar-refractivity contribution in [1.82, 2.24) is 15.3 Å². The van der Waals surface area contributed by atoms with Crippen LogP contribution >= 0.6 is 11.8 Å². The molecule has 0 aliphatic carbocycles. The lowest BCUT2D eigenvalue weighted by molar-refractivity contribution is -0.120. The largest absolute Gasteiger partial charge is 0.355 e. The summed E-state index contributed by atoms with van der Waals surface area (Å²) in [6.45, 7) is 7.80. The zero-order valence-corrected chi connectivity index (χ0v) is 11.8. The standard InChI is InChI=1S/C12H16N4OS/c1-5-14-11(17)8(3)18-12-10(6-13)7(2)15-9(4)16-12/h8H,5H2,1-4H3,(H,14,17). The highest BCUT2D eigenvalue weighted by atomic mass is 32.2. The summed E-state index contributed by atoms with van der Waals surface area (Å²) in [6.07, 6.45) is 0. The molecule has 1 aromatic heterocycles. The second kappa shape index (κ2) is 6.36. The van der Waals surface area contributed by atoms with Gasteiger partial charge in [-0.15, -0.1) is 0 Å². The molecule has 0 fully saturated rings. The highest BCUT2D eigenvalue weighted by Gasteiger charge is 2.18. The summed E-state index contributed by atoms with van der Waals surface area (Å²) in [6, 6.07) is 2.09. The van der Waals surface area contributed by atoms with Crippen molar-refractivity contribution in [3.8, 4) is 6.07 Å². The van der Waals surface area contributed by atoms with Crippen LogP contribution in [0.4, 0.5) is 0 Å². The van der Waals surface area contributed by atoms with E-state index in [4.69, 9.17) is 5.26 Å². The molecule has 1 atom stereocenters. The summed E-state index contributed by atoms with van der Waals surface area (Å²) in [7, 11) is 0. The lowest BCUT2D eigenvalue weighted by atomic mass is 10.3. The number of rotatable bonds is 4. The Hall–Kier alpha value is -1.61. The van der Waals surface area contributed by atoms with Crippen molar-refractivity contribution in [1.29, 1.82) is 5.26 Å². The minimum absolute atomic E-state index is 0.0553. The van der Waals surface area contributed by atoms with Gasteiger partial charge in [0.1, 0.15) is 22.5 Å². The molecule has 96 valence electrons. The van der Waals surface area contributed by atoms with Crippen LogP contribution in [0.5, 0.6) is 0 Å². The van der Waals surface area contributed by atoms with E-state index in [1.54, 1.807) is 20.8 Å². The van der Waals surface area contributed by atoms with Crippen molar-refractivity contribution >= 4 is 17.7 Å². The first-order chi connectivity index (χ1) is 8.49. The predicted octanol–water partition coefficient (Wildman–Crippen LogP) is 1.58. The van der Waals surface area contributed by atoms with Crippen LogP contribution in [0.3, 0.4) is 0 Å². The molecule has 1 heterocycles. The number of carbonyl (C=O) groups excluding carboxylic acids is 1. The van der Waals surface area contributed by atoms with E-state index in [1.165, 1.54) is 11.8 Å². The van der Waals surface area contributed by atoms with E-state index in [9.17, 15) is 4.79 Å². The maximum absolute atomic E-state index is 11.7. The van der Waals surface area contributed by atoms with E-state index in [-0.39, 0.29) is 11.2 Å². The summed E-state index contributed by atoms with van der Waals surface area (Å²) < 4.78 is 0. The Kier molecular flexibility index (Phi) is 5.10. The Morgan fingerprint density at radius 3 is 2.72 bits per heavy atom. The van der Waals surface area contributed by atoms with Crippen molar-refractivity contribution in [2.75, 3.05) is 6.54 Å². The van der Waals surface area contributed by atoms with Crippen molar-refractivity contribution in [3.63, 3.8) is 0 Å². The molecular weight excluding hydrogens is 248 g/mol. The minimum Gasteiger partial charge on any atom is -0.355 e. The molecule has 1 amide bonds. The van der Waals surface area contributed by atoms with Gasteiger partial charge in [0.15, 0.2) is 0 Å². The monoisotopic (exact) mass is 264 g/mol. The maximum atomic E-state index is 11.7. The fourth-order valence-corrected chi connectivity index (χ4v) is 2.46. The average molecular weight is 264 g/mol. The highest BCUT2D eigenvalue weighted by molar-refractivity contribution is 8.00. The van der Waals surface area contributed by atoms with Gasteiger partial charge in [-0.1, -0.05) is 11.8 Å². The zero-order valence-electron chi connectivity index (χ0n) is 10.9. The first kappa shape index (κ1) is 14.5. The molecule has 0 spiro atoms. The molecular formula is C12H16N4OS. The number of aryl methyl sites for hydroxylation is 2. The van der Waals surface area contributed by atoms with Gasteiger partial charge < -0.3 is 5.32 Å². The van der Waals surface area contributed by atoms with Crippen molar-refractivity contribution < 1.29 is 4.79 Å². The molecule has 5 nitrogen and oxygen atoms in total. The predicted molar refractivity (Wildman–Crippen MR) is 70.2 cm³/mol. The molecule has 0 bridgehead atoms. The van der Waals surface area contributed by atoms with Crippen LogP contribution in [0, 0.1) is 25.2 Å². The molecule has 18 heavy (non-hydrogen) atoms. The van der Waals surface area contributed by atoms with E-state index >= 15 is 0 Å². The Labute approximate surface area is 111 Å². The third-order valence-electron chi connectivity index (χ3n) is 2.29. The molecule has 1 unspecified atom stereocenters. The number of aromatic nitrogens is 2. The molecule has 0 aliphatic rings. The third-order valence-corrected chi connectivity index (χ3v) is 3.38. The van der Waals surface area contributed by atoms with Gasteiger partial charge in [-0.3, -0.25) is 4.79 Å². The quantitative estimate of drug-likeness (QED) is 0.660. The second-order valence-corrected chi connectivity index (χ2v) is 5.13. The van der Waals surface area contributed by atoms with Crippen LogP contribution in [-0.4, -0.2) is 27.7 Å². The van der Waals surface area contributed by atoms with Gasteiger partial charge in [-0.05, 0) is 27.7 Å². The Balaban J connectivity index is 2.97. The number of nitrogens with zero attached hydrogens (tertiary/aromatic N) is 3. The number of carbonyl (C=O) groups is 1. The van der Waals surface area contributed by atoms with Gasteiger partial charge in [0.2, 0.25) is 5.91 Å². The van der Waals surface area contributed by atoms with E-state index in [2.05, 4.69) is 21.4 Å². The van der Waals surface area contributed by atoms with Gasteiger partial charge in [0.25, 0.3) is 0 Å². The first-order valence-corrected chi connectivity index (χ1v) is 6.57. The molecule has 0 saturated carbocycles. The summed E-state index contributed by atoms with van der Waals surface area (Å²) in [5, 5.41) is 12.1. The van der Waals surface area contributed by atoms with E-state index in [1.807, 2.05) is 6.92 Å². The molecule has 1 N–H and O–H groups in total. The molecule has 0 aromatic carbocycles. The molecule has 1 aromatic rings. The van der Waals surface area contributed by atoms with Gasteiger partial charge in [0, 0.05) is 6.54 Å². The lowest BCUT2D eigenvalue weighted by Crippen LogP contribution is -2.30. The highest BCUT2D eigenvalue weighted by Crippen LogP contribution is 2.26. The molecule has 0 radical (unpaired) electrons. The number of hydrogen-bond donors (Lipinski definition) is 1. The second-order valence-electron chi connectivity index (χ2n) is 3.80. The average Bonchev–Trinajstić information content (AvgIpc) is 2.28. The van der Waals surface area contributed by atoms with Crippen molar-refractivity contribution in [2.24, 2.45) is 0 Å². The maximum Gasteiger partial charge on any atom is 0.233 e. The summed E-state index contributed by atoms with van der Waals surface area (Å²) >= 11 is 1.29. The Morgan fingerprint density at radius 1 is 1.50 bits per heavy atom. The van der Waals surface area contributed by atoms with E-state index < -0.39 is 0 Å². The smallest absolute Gasteiger partial charge is 0.233 e. The van der Waals surface area contributed by atoms with Crippen LogP contribution < -0.4 is 5.32 Å². The van der Waals surface area contributed by atoms with Crippen molar-refractivity contribution in [2.45, 2.75) is 38.0 Å². The number of nitrogens with one attached hydrogen (secondary N) is 1. The SMILES string of the molecule is CCNC(=O)C(C)Sc1nc(C)nc(C)c1C#N. The van der Waals surface area contributed by atoms with Gasteiger partial charge in [-0.2, -0.15) is 5.26 Å². The molecule has 1 rings (SSSR count). The fraction of sp³-hybridized carbons (Fsp3) is 0.500. The lowest BCUT2D eigenvalue weighted by Gasteiger charge is -2.12. The van der Waals surface area contributed by atoms with Crippen molar-refractivity contribution in [3.05, 3.63) is 17.1 Å². The number of nitriles is 1. The molecule has 0 aliphatic heterocycles. The Bertz CT molecular complexity index is 496. The summed E-state index contributed by atoms with van der Waals surface area (Å²) in [5.74, 6) is 0.553. The zero-order chi connectivity index (χ0) is 13.7. The van der Waals surface area contributed by atoms with Crippen LogP contribution in [0.25, 0.3) is 0 Å². The summed E-state index contributed by atoms with van der Waals surface area (Å²) in [5.41, 5.74) is 1.09. The summed E-state index contributed by atoms with van der Waals surface area (Å²) in [4.78, 5) is 20.0. The first-order valence-electron chi connectivity index (χ1n) is 5.69. The molecule has 6 heteroatoms. The number of amides is 1. The Morgan fingerprint density at radius 2 is 2.17 bits per heavy atom. The normalized spacial score (nSPS) is 11.7. The molecule has 0 saturated heterocycles. The van der Waals surface area contributed by atoms with Gasteiger partial charge in [0.05, 0.1) is 10.9 Å². The van der Waals surface area contributed by atoms with Crippen LogP contribution in [-0.2, 0) is 4.79 Å². The fourth-order valence-electron chi connectivity index (χ4n) is 1.43. The van der Waals surface area contributed by atoms with Gasteiger partial charge >= 0.3 is 0 Å². The van der Waals surface area contributed by atoms with Crippen LogP contribution in [0.2, 0.25) is 0 Å². The topological polar surface area (TPSA) is 78.7 Å². The van der Waals surface area contributed by atoms with Crippen LogP contribution in [0.1, 0.15) is 30.9 Å². The number of hydrogen-bond acceptors (Lipinski definition) is 5. The third kappa shape index (κ3) is 3.44. The van der Waals surface area contributed by atoms with E-state index in [0.717, 1.165) is 0 Å². The number of thioether (sulfide) groups is 1. The van der Waals surface area contributed by atoms with Crippen LogP contribution in [0.15, 0.2) is 5.03 Å². The van der Waals surface area contributed by atoms with Gasteiger partial charge in [-0.25, -0.2) is 9.97 Å². The van der Waals surface area contributed by atoms with E-state index in [0.29, 0.717) is 28.7 Å². The minimum atomic E-state index is -0.286.